The molecule has 1 N–H and O–H groups in total. The van der Waals surface area contributed by atoms with Crippen molar-refractivity contribution >= 4 is 33.5 Å². The molecular weight excluding hydrogens is 392 g/mol. The average Bonchev–Trinajstić information content (AvgIpc) is 2.60. The van der Waals surface area contributed by atoms with Gasteiger partial charge in [0.1, 0.15) is 6.04 Å². The molecule has 0 heterocycles. The molecule has 0 saturated heterocycles. The summed E-state index contributed by atoms with van der Waals surface area (Å²) in [4.78, 5) is 34.6. The van der Waals surface area contributed by atoms with Crippen LogP contribution < -0.4 is 5.32 Å². The summed E-state index contributed by atoms with van der Waals surface area (Å²) in [6, 6.07) is 11.7. The molecule has 0 aliphatic rings. The van der Waals surface area contributed by atoms with Crippen molar-refractivity contribution in [3.8, 4) is 0 Å². The summed E-state index contributed by atoms with van der Waals surface area (Å²) in [5.74, 6) is -1.19. The Morgan fingerprint density at radius 2 is 1.96 bits per heavy atom. The summed E-state index contributed by atoms with van der Waals surface area (Å²) in [7, 11) is 1.23. The minimum Gasteiger partial charge on any atom is -0.467 e. The fourth-order valence-corrected chi connectivity index (χ4v) is 2.68. The molecule has 0 unspecified atom stereocenters. The van der Waals surface area contributed by atoms with Crippen molar-refractivity contribution in [3.63, 3.8) is 0 Å². The van der Waals surface area contributed by atoms with Gasteiger partial charge in [0.15, 0.2) is 0 Å². The van der Waals surface area contributed by atoms with Gasteiger partial charge in [-0.1, -0.05) is 34.1 Å². The number of nitro benzene ring substituents is 1. The number of carbonyl (C=O) groups is 2. The molecule has 2 aromatic carbocycles. The highest BCUT2D eigenvalue weighted by molar-refractivity contribution is 9.10. The Morgan fingerprint density at radius 1 is 1.24 bits per heavy atom. The average molecular weight is 407 g/mol. The Balaban J connectivity index is 2.19. The first kappa shape index (κ1) is 18.6. The molecule has 7 nitrogen and oxygen atoms in total. The van der Waals surface area contributed by atoms with Gasteiger partial charge in [0.2, 0.25) is 0 Å². The Hall–Kier alpha value is -2.74. The normalized spacial score (nSPS) is 11.4. The number of carbonyl (C=O) groups excluding carboxylic acids is 2. The van der Waals surface area contributed by atoms with E-state index in [9.17, 15) is 19.7 Å². The number of esters is 1. The van der Waals surface area contributed by atoms with E-state index in [0.29, 0.717) is 0 Å². The van der Waals surface area contributed by atoms with Gasteiger partial charge in [0, 0.05) is 28.6 Å². The first-order valence-electron chi connectivity index (χ1n) is 7.28. The zero-order chi connectivity index (χ0) is 18.4. The predicted octanol–water partition coefficient (Wildman–Crippen LogP) is 2.87. The maximum atomic E-state index is 12.4. The molecule has 0 aliphatic carbocycles. The number of hydrogen-bond donors (Lipinski definition) is 1. The molecule has 0 aromatic heterocycles. The van der Waals surface area contributed by atoms with Crippen LogP contribution in [0.25, 0.3) is 0 Å². The lowest BCUT2D eigenvalue weighted by Gasteiger charge is -2.17. The van der Waals surface area contributed by atoms with Gasteiger partial charge in [-0.25, -0.2) is 4.79 Å². The first-order valence-corrected chi connectivity index (χ1v) is 8.07. The maximum absolute atomic E-state index is 12.4. The molecular formula is C17H15BrN2O5. The number of ether oxygens (including phenoxy) is 1. The van der Waals surface area contributed by atoms with E-state index in [2.05, 4.69) is 21.2 Å². The fourth-order valence-electron chi connectivity index (χ4n) is 2.24. The number of rotatable bonds is 6. The third-order valence-corrected chi connectivity index (χ3v) is 3.93. The Labute approximate surface area is 152 Å². The van der Waals surface area contributed by atoms with Crippen molar-refractivity contribution in [1.82, 2.24) is 5.32 Å². The number of amides is 1. The number of benzene rings is 2. The Morgan fingerprint density at radius 3 is 2.60 bits per heavy atom. The predicted molar refractivity (Wildman–Crippen MR) is 94.2 cm³/mol. The summed E-state index contributed by atoms with van der Waals surface area (Å²) >= 11 is 3.35. The summed E-state index contributed by atoms with van der Waals surface area (Å²) in [6.45, 7) is 0. The van der Waals surface area contributed by atoms with Crippen LogP contribution in [-0.4, -0.2) is 30.0 Å². The van der Waals surface area contributed by atoms with Crippen molar-refractivity contribution < 1.29 is 19.2 Å². The van der Waals surface area contributed by atoms with E-state index in [4.69, 9.17) is 4.74 Å². The van der Waals surface area contributed by atoms with Crippen molar-refractivity contribution in [1.29, 1.82) is 0 Å². The molecule has 2 rings (SSSR count). The highest BCUT2D eigenvalue weighted by Crippen LogP contribution is 2.15. The van der Waals surface area contributed by atoms with E-state index in [1.807, 2.05) is 24.3 Å². The summed E-state index contributed by atoms with van der Waals surface area (Å²) in [6.07, 6.45) is 0.229. The van der Waals surface area contributed by atoms with Crippen molar-refractivity contribution in [2.75, 3.05) is 7.11 Å². The molecule has 0 aliphatic heterocycles. The molecule has 25 heavy (non-hydrogen) atoms. The maximum Gasteiger partial charge on any atom is 0.328 e. The summed E-state index contributed by atoms with van der Waals surface area (Å²) in [5, 5.41) is 13.4. The zero-order valence-corrected chi connectivity index (χ0v) is 14.9. The van der Waals surface area contributed by atoms with Gasteiger partial charge in [-0.05, 0) is 23.8 Å². The van der Waals surface area contributed by atoms with Crippen LogP contribution in [0.3, 0.4) is 0 Å². The first-order chi connectivity index (χ1) is 11.9. The van der Waals surface area contributed by atoms with Crippen LogP contribution in [0.5, 0.6) is 0 Å². The molecule has 0 fully saturated rings. The van der Waals surface area contributed by atoms with Gasteiger partial charge in [-0.3, -0.25) is 14.9 Å². The fraction of sp³-hybridized carbons (Fsp3) is 0.176. The molecule has 0 bridgehead atoms. The van der Waals surface area contributed by atoms with Crippen molar-refractivity contribution in [2.24, 2.45) is 0 Å². The topological polar surface area (TPSA) is 98.5 Å². The molecule has 0 spiro atoms. The van der Waals surface area contributed by atoms with Gasteiger partial charge in [-0.2, -0.15) is 0 Å². The number of halogens is 1. The molecule has 1 amide bonds. The lowest BCUT2D eigenvalue weighted by atomic mass is 10.1. The van der Waals surface area contributed by atoms with Crippen LogP contribution >= 0.6 is 15.9 Å². The quantitative estimate of drug-likeness (QED) is 0.451. The highest BCUT2D eigenvalue weighted by Gasteiger charge is 2.23. The van der Waals surface area contributed by atoms with E-state index in [1.54, 1.807) is 0 Å². The van der Waals surface area contributed by atoms with E-state index in [1.165, 1.54) is 25.3 Å². The molecule has 130 valence electrons. The van der Waals surface area contributed by atoms with Crippen LogP contribution in [0.4, 0.5) is 5.69 Å². The number of hydrogen-bond acceptors (Lipinski definition) is 5. The van der Waals surface area contributed by atoms with E-state index >= 15 is 0 Å². The Bertz CT molecular complexity index is 809. The van der Waals surface area contributed by atoms with Crippen molar-refractivity contribution in [3.05, 3.63) is 74.2 Å². The second-order valence-corrected chi connectivity index (χ2v) is 6.11. The second kappa shape index (κ2) is 8.39. The van der Waals surface area contributed by atoms with E-state index in [0.717, 1.165) is 16.1 Å². The molecule has 0 saturated carbocycles. The lowest BCUT2D eigenvalue weighted by molar-refractivity contribution is -0.384. The van der Waals surface area contributed by atoms with Crippen LogP contribution in [-0.2, 0) is 16.0 Å². The minimum absolute atomic E-state index is 0.0948. The van der Waals surface area contributed by atoms with Gasteiger partial charge in [0.25, 0.3) is 11.6 Å². The summed E-state index contributed by atoms with van der Waals surface area (Å²) < 4.78 is 5.59. The SMILES string of the molecule is COC(=O)[C@H](Cc1cccc(Br)c1)NC(=O)c1cccc([N+](=O)[O-])c1. The van der Waals surface area contributed by atoms with Crippen LogP contribution in [0, 0.1) is 10.1 Å². The standard InChI is InChI=1S/C17H15BrN2O5/c1-25-17(22)15(9-11-4-2-6-13(18)8-11)19-16(21)12-5-3-7-14(10-12)20(23)24/h2-8,10,15H,9H2,1H3,(H,19,21)/t15-/m0/s1. The number of methoxy groups -OCH3 is 1. The molecule has 2 aromatic rings. The van der Waals surface area contributed by atoms with Gasteiger partial charge in [0.05, 0.1) is 12.0 Å². The van der Waals surface area contributed by atoms with Crippen LogP contribution in [0.2, 0.25) is 0 Å². The van der Waals surface area contributed by atoms with Gasteiger partial charge >= 0.3 is 5.97 Å². The number of nitro groups is 1. The molecule has 0 radical (unpaired) electrons. The molecule has 8 heteroatoms. The zero-order valence-electron chi connectivity index (χ0n) is 13.3. The third kappa shape index (κ3) is 5.12. The number of nitrogens with zero attached hydrogens (tertiary/aromatic N) is 1. The van der Waals surface area contributed by atoms with Crippen LogP contribution in [0.15, 0.2) is 53.0 Å². The van der Waals surface area contributed by atoms with E-state index < -0.39 is 22.8 Å². The van der Waals surface area contributed by atoms with Gasteiger partial charge in [-0.15, -0.1) is 0 Å². The smallest absolute Gasteiger partial charge is 0.328 e. The highest BCUT2D eigenvalue weighted by atomic mass is 79.9. The van der Waals surface area contributed by atoms with E-state index in [-0.39, 0.29) is 17.7 Å². The lowest BCUT2D eigenvalue weighted by Crippen LogP contribution is -2.43. The minimum atomic E-state index is -0.911. The molecule has 1 atom stereocenters. The number of nitrogens with one attached hydrogen (secondary N) is 1. The third-order valence-electron chi connectivity index (χ3n) is 3.44. The number of non-ortho nitro benzene ring substituents is 1. The largest absolute Gasteiger partial charge is 0.467 e. The van der Waals surface area contributed by atoms with Gasteiger partial charge < -0.3 is 10.1 Å². The van der Waals surface area contributed by atoms with Crippen LogP contribution in [0.1, 0.15) is 15.9 Å². The monoisotopic (exact) mass is 406 g/mol. The Kier molecular flexibility index (Phi) is 6.24. The summed E-state index contributed by atoms with van der Waals surface area (Å²) in [5.41, 5.74) is 0.718. The second-order valence-electron chi connectivity index (χ2n) is 5.19. The van der Waals surface area contributed by atoms with Crippen molar-refractivity contribution in [2.45, 2.75) is 12.5 Å².